The van der Waals surface area contributed by atoms with Gasteiger partial charge in [0, 0.05) is 5.69 Å². The third-order valence-electron chi connectivity index (χ3n) is 3.14. The van der Waals surface area contributed by atoms with E-state index in [1.165, 1.54) is 0 Å². The zero-order valence-corrected chi connectivity index (χ0v) is 11.0. The monoisotopic (exact) mass is 308 g/mol. The topological polar surface area (TPSA) is 17.8 Å². The standard InChI is InChI=1S/C13H10F6N2/c1-7-8(2)21(6-20-7)11-4-3-9(12(14,15)16)5-10(11)13(17,18)19/h3-6H,1-2H3. The zero-order chi connectivity index (χ0) is 16.0. The van der Waals surface area contributed by atoms with E-state index in [1.807, 2.05) is 0 Å². The van der Waals surface area contributed by atoms with E-state index in [0.717, 1.165) is 17.0 Å². The average Bonchev–Trinajstić information content (AvgIpc) is 2.67. The summed E-state index contributed by atoms with van der Waals surface area (Å²) in [4.78, 5) is 3.86. The highest BCUT2D eigenvalue weighted by atomic mass is 19.4. The summed E-state index contributed by atoms with van der Waals surface area (Å²) in [6, 6.07) is 1.54. The van der Waals surface area contributed by atoms with Crippen LogP contribution in [0.15, 0.2) is 24.5 Å². The molecule has 2 nitrogen and oxygen atoms in total. The van der Waals surface area contributed by atoms with Crippen molar-refractivity contribution in [1.82, 2.24) is 9.55 Å². The lowest BCUT2D eigenvalue weighted by Crippen LogP contribution is -2.14. The van der Waals surface area contributed by atoms with E-state index in [4.69, 9.17) is 0 Å². The number of rotatable bonds is 1. The number of hydrogen-bond acceptors (Lipinski definition) is 1. The van der Waals surface area contributed by atoms with Crippen molar-refractivity contribution < 1.29 is 26.3 Å². The van der Waals surface area contributed by atoms with Gasteiger partial charge in [-0.15, -0.1) is 0 Å². The van der Waals surface area contributed by atoms with Gasteiger partial charge in [0.05, 0.1) is 28.8 Å². The Bertz CT molecular complexity index is 666. The van der Waals surface area contributed by atoms with Crippen LogP contribution in [0.3, 0.4) is 0 Å². The summed E-state index contributed by atoms with van der Waals surface area (Å²) >= 11 is 0. The molecule has 114 valence electrons. The molecule has 0 fully saturated rings. The quantitative estimate of drug-likeness (QED) is 0.708. The first kappa shape index (κ1) is 15.4. The lowest BCUT2D eigenvalue weighted by atomic mass is 10.1. The van der Waals surface area contributed by atoms with E-state index in [2.05, 4.69) is 4.98 Å². The number of aromatic nitrogens is 2. The Hall–Kier alpha value is -1.99. The summed E-state index contributed by atoms with van der Waals surface area (Å²) in [6.45, 7) is 3.14. The van der Waals surface area contributed by atoms with Crippen LogP contribution in [0.1, 0.15) is 22.5 Å². The molecule has 0 amide bonds. The van der Waals surface area contributed by atoms with Gasteiger partial charge >= 0.3 is 12.4 Å². The molecule has 21 heavy (non-hydrogen) atoms. The normalized spacial score (nSPS) is 12.8. The molecule has 0 atom stereocenters. The molecule has 0 aliphatic carbocycles. The minimum Gasteiger partial charge on any atom is -0.303 e. The fraction of sp³-hybridized carbons (Fsp3) is 0.308. The van der Waals surface area contributed by atoms with Crippen LogP contribution < -0.4 is 0 Å². The molecule has 1 aromatic heterocycles. The average molecular weight is 308 g/mol. The molecule has 0 unspecified atom stereocenters. The minimum absolute atomic E-state index is 0.115. The van der Waals surface area contributed by atoms with Gasteiger partial charge in [0.25, 0.3) is 0 Å². The third-order valence-corrected chi connectivity index (χ3v) is 3.14. The number of alkyl halides is 6. The second kappa shape index (κ2) is 4.78. The van der Waals surface area contributed by atoms with Gasteiger partial charge in [-0.1, -0.05) is 0 Å². The molecule has 0 aliphatic rings. The van der Waals surface area contributed by atoms with E-state index in [0.29, 0.717) is 17.5 Å². The first-order valence-corrected chi connectivity index (χ1v) is 5.81. The fourth-order valence-corrected chi connectivity index (χ4v) is 1.89. The van der Waals surface area contributed by atoms with E-state index < -0.39 is 23.5 Å². The second-order valence-corrected chi connectivity index (χ2v) is 4.51. The second-order valence-electron chi connectivity index (χ2n) is 4.51. The van der Waals surface area contributed by atoms with Crippen molar-refractivity contribution in [2.75, 3.05) is 0 Å². The fourth-order valence-electron chi connectivity index (χ4n) is 1.89. The van der Waals surface area contributed by atoms with E-state index >= 15 is 0 Å². The Kier molecular flexibility index (Phi) is 3.51. The number of nitrogens with zero attached hydrogens (tertiary/aromatic N) is 2. The molecule has 2 rings (SSSR count). The molecule has 0 bridgehead atoms. The van der Waals surface area contributed by atoms with Crippen molar-refractivity contribution in [3.63, 3.8) is 0 Å². The van der Waals surface area contributed by atoms with E-state index in [1.54, 1.807) is 13.8 Å². The van der Waals surface area contributed by atoms with E-state index in [9.17, 15) is 26.3 Å². The van der Waals surface area contributed by atoms with Crippen molar-refractivity contribution in [3.8, 4) is 5.69 Å². The Morgan fingerprint density at radius 1 is 0.952 bits per heavy atom. The molecular weight excluding hydrogens is 298 g/mol. The molecule has 0 aliphatic heterocycles. The Morgan fingerprint density at radius 2 is 1.57 bits per heavy atom. The maximum atomic E-state index is 13.0. The first-order valence-electron chi connectivity index (χ1n) is 5.81. The molecule has 0 spiro atoms. The third kappa shape index (κ3) is 2.88. The summed E-state index contributed by atoms with van der Waals surface area (Å²) in [5.41, 5.74) is -2.14. The van der Waals surface area contributed by atoms with Gasteiger partial charge in [-0.25, -0.2) is 4.98 Å². The molecule has 1 aromatic carbocycles. The first-order chi connectivity index (χ1) is 9.51. The van der Waals surface area contributed by atoms with Gasteiger partial charge in [0.2, 0.25) is 0 Å². The van der Waals surface area contributed by atoms with Gasteiger partial charge in [-0.2, -0.15) is 26.3 Å². The molecule has 8 heteroatoms. The maximum Gasteiger partial charge on any atom is 0.418 e. The predicted molar refractivity (Wildman–Crippen MR) is 63.0 cm³/mol. The Balaban J connectivity index is 2.70. The molecule has 1 heterocycles. The number of benzene rings is 1. The smallest absolute Gasteiger partial charge is 0.303 e. The molecular formula is C13H10F6N2. The van der Waals surface area contributed by atoms with Crippen molar-refractivity contribution in [1.29, 1.82) is 0 Å². The predicted octanol–water partition coefficient (Wildman–Crippen LogP) is 4.53. The summed E-state index contributed by atoms with van der Waals surface area (Å²) in [6.07, 6.45) is -8.58. The van der Waals surface area contributed by atoms with Gasteiger partial charge < -0.3 is 4.57 Å². The number of aryl methyl sites for hydroxylation is 1. The molecule has 2 aromatic rings. The highest BCUT2D eigenvalue weighted by molar-refractivity contribution is 5.47. The van der Waals surface area contributed by atoms with Crippen molar-refractivity contribution in [2.45, 2.75) is 26.2 Å². The number of halogens is 6. The van der Waals surface area contributed by atoms with Gasteiger partial charge in [0.1, 0.15) is 0 Å². The van der Waals surface area contributed by atoms with Crippen LogP contribution in [-0.2, 0) is 12.4 Å². The van der Waals surface area contributed by atoms with Crippen LogP contribution >= 0.6 is 0 Å². The van der Waals surface area contributed by atoms with Gasteiger partial charge in [-0.3, -0.25) is 0 Å². The van der Waals surface area contributed by atoms with Crippen LogP contribution in [0.25, 0.3) is 5.69 Å². The lowest BCUT2D eigenvalue weighted by Gasteiger charge is -2.17. The summed E-state index contributed by atoms with van der Waals surface area (Å²) in [5, 5.41) is 0. The Labute approximate surface area is 116 Å². The molecule has 0 saturated carbocycles. The largest absolute Gasteiger partial charge is 0.418 e. The van der Waals surface area contributed by atoms with Crippen LogP contribution in [0.4, 0.5) is 26.3 Å². The van der Waals surface area contributed by atoms with Crippen molar-refractivity contribution in [3.05, 3.63) is 47.0 Å². The summed E-state index contributed by atoms with van der Waals surface area (Å²) in [7, 11) is 0. The van der Waals surface area contributed by atoms with Crippen molar-refractivity contribution >= 4 is 0 Å². The molecule has 0 N–H and O–H groups in total. The van der Waals surface area contributed by atoms with Crippen LogP contribution in [-0.4, -0.2) is 9.55 Å². The number of imidazole rings is 1. The van der Waals surface area contributed by atoms with Crippen LogP contribution in [0.5, 0.6) is 0 Å². The highest BCUT2D eigenvalue weighted by Crippen LogP contribution is 2.38. The molecule has 0 saturated heterocycles. The van der Waals surface area contributed by atoms with Crippen LogP contribution in [0, 0.1) is 13.8 Å². The summed E-state index contributed by atoms with van der Waals surface area (Å²) in [5.74, 6) is 0. The van der Waals surface area contributed by atoms with E-state index in [-0.39, 0.29) is 11.8 Å². The van der Waals surface area contributed by atoms with Crippen molar-refractivity contribution in [2.24, 2.45) is 0 Å². The minimum atomic E-state index is -4.90. The van der Waals surface area contributed by atoms with Crippen LogP contribution in [0.2, 0.25) is 0 Å². The van der Waals surface area contributed by atoms with Gasteiger partial charge in [0.15, 0.2) is 0 Å². The molecule has 0 radical (unpaired) electrons. The maximum absolute atomic E-state index is 13.0. The van der Waals surface area contributed by atoms with Gasteiger partial charge in [-0.05, 0) is 32.0 Å². The SMILES string of the molecule is Cc1ncn(-c2ccc(C(F)(F)F)cc2C(F)(F)F)c1C. The highest BCUT2D eigenvalue weighted by Gasteiger charge is 2.38. The number of hydrogen-bond donors (Lipinski definition) is 0. The Morgan fingerprint density at radius 3 is 2.00 bits per heavy atom. The summed E-state index contributed by atoms with van der Waals surface area (Å²) < 4.78 is 78.0. The lowest BCUT2D eigenvalue weighted by molar-refractivity contribution is -0.143. The zero-order valence-electron chi connectivity index (χ0n) is 11.0.